The van der Waals surface area contributed by atoms with E-state index in [1.807, 2.05) is 41.5 Å². The third-order valence-corrected chi connectivity index (χ3v) is 2.44. The standard InChI is InChI=1S/C11H16.3C2H6.2CH4/c1-4-11(2,3)10-8-6-5-7-9-10;3*1-2;;/h5-9H,4H2,1-3H3;3*1-2H3;2*1H4. The minimum Gasteiger partial charge on any atom is -0.0776 e. The van der Waals surface area contributed by atoms with Gasteiger partial charge in [0.2, 0.25) is 0 Å². The van der Waals surface area contributed by atoms with Crippen LogP contribution in [0.4, 0.5) is 0 Å². The van der Waals surface area contributed by atoms with Crippen molar-refractivity contribution in [2.24, 2.45) is 0 Å². The summed E-state index contributed by atoms with van der Waals surface area (Å²) >= 11 is 0. The predicted molar refractivity (Wildman–Crippen MR) is 97.3 cm³/mol. The molecule has 118 valence electrons. The smallest absolute Gasteiger partial charge is 0.0106 e. The molecular formula is C19H42. The fraction of sp³-hybridized carbons (Fsp3) is 0.684. The topological polar surface area (TPSA) is 0 Å². The zero-order valence-corrected chi connectivity index (χ0v) is 13.6. The van der Waals surface area contributed by atoms with Crippen molar-refractivity contribution in [1.82, 2.24) is 0 Å². The van der Waals surface area contributed by atoms with Gasteiger partial charge in [0.05, 0.1) is 0 Å². The summed E-state index contributed by atoms with van der Waals surface area (Å²) in [6.45, 7) is 18.8. The Morgan fingerprint density at radius 3 is 1.32 bits per heavy atom. The lowest BCUT2D eigenvalue weighted by Gasteiger charge is -2.22. The van der Waals surface area contributed by atoms with E-state index < -0.39 is 0 Å². The minimum absolute atomic E-state index is 0. The van der Waals surface area contributed by atoms with E-state index in [0.717, 1.165) is 0 Å². The molecule has 0 N–H and O–H groups in total. The molecule has 0 aliphatic carbocycles. The SMILES string of the molecule is C.C.CC.CC.CC.CCC(C)(C)c1ccccc1. The summed E-state index contributed by atoms with van der Waals surface area (Å²) in [5.41, 5.74) is 1.77. The highest BCUT2D eigenvalue weighted by molar-refractivity contribution is 5.22. The molecule has 0 radical (unpaired) electrons. The Labute approximate surface area is 125 Å². The lowest BCUT2D eigenvalue weighted by molar-refractivity contribution is 0.506. The van der Waals surface area contributed by atoms with E-state index in [1.165, 1.54) is 12.0 Å². The maximum atomic E-state index is 2.28. The Morgan fingerprint density at radius 1 is 0.737 bits per heavy atom. The molecule has 0 nitrogen and oxygen atoms in total. The summed E-state index contributed by atoms with van der Waals surface area (Å²) in [6.07, 6.45) is 1.19. The van der Waals surface area contributed by atoms with Crippen LogP contribution in [-0.2, 0) is 5.41 Å². The Morgan fingerprint density at radius 2 is 1.05 bits per heavy atom. The molecule has 19 heavy (non-hydrogen) atoms. The summed E-state index contributed by atoms with van der Waals surface area (Å²) in [5, 5.41) is 0. The fourth-order valence-corrected chi connectivity index (χ4v) is 1.09. The highest BCUT2D eigenvalue weighted by Crippen LogP contribution is 2.25. The third-order valence-electron chi connectivity index (χ3n) is 2.44. The van der Waals surface area contributed by atoms with Crippen molar-refractivity contribution in [3.8, 4) is 0 Å². The monoisotopic (exact) mass is 270 g/mol. The van der Waals surface area contributed by atoms with Gasteiger partial charge in [0.1, 0.15) is 0 Å². The van der Waals surface area contributed by atoms with Crippen LogP contribution >= 0.6 is 0 Å². The second kappa shape index (κ2) is 22.4. The number of benzene rings is 1. The van der Waals surface area contributed by atoms with Crippen LogP contribution in [0.25, 0.3) is 0 Å². The van der Waals surface area contributed by atoms with E-state index in [1.54, 1.807) is 0 Å². The largest absolute Gasteiger partial charge is 0.0776 e. The molecule has 0 unspecified atom stereocenters. The van der Waals surface area contributed by atoms with Gasteiger partial charge in [0, 0.05) is 0 Å². The summed E-state index contributed by atoms with van der Waals surface area (Å²) < 4.78 is 0. The molecule has 0 saturated carbocycles. The summed E-state index contributed by atoms with van der Waals surface area (Å²) in [4.78, 5) is 0. The Bertz CT molecular complexity index is 209. The first-order valence-corrected chi connectivity index (χ1v) is 7.22. The van der Waals surface area contributed by atoms with Crippen molar-refractivity contribution < 1.29 is 0 Å². The van der Waals surface area contributed by atoms with Crippen molar-refractivity contribution in [3.63, 3.8) is 0 Å². The molecule has 0 amide bonds. The van der Waals surface area contributed by atoms with E-state index >= 15 is 0 Å². The quantitative estimate of drug-likeness (QED) is 0.516. The second-order valence-electron chi connectivity index (χ2n) is 3.60. The van der Waals surface area contributed by atoms with Gasteiger partial charge in [-0.3, -0.25) is 0 Å². The first kappa shape index (κ1) is 30.9. The highest BCUT2D eigenvalue weighted by Gasteiger charge is 2.16. The average Bonchev–Trinajstić information content (AvgIpc) is 2.46. The third kappa shape index (κ3) is 15.2. The number of rotatable bonds is 2. The Kier molecular flexibility index (Phi) is 36.5. The number of hydrogen-bond acceptors (Lipinski definition) is 0. The minimum atomic E-state index is 0. The van der Waals surface area contributed by atoms with E-state index in [4.69, 9.17) is 0 Å². The summed E-state index contributed by atoms with van der Waals surface area (Å²) in [6, 6.07) is 10.7. The molecule has 0 aliphatic heterocycles. The van der Waals surface area contributed by atoms with Gasteiger partial charge >= 0.3 is 0 Å². The van der Waals surface area contributed by atoms with E-state index in [2.05, 4.69) is 51.1 Å². The van der Waals surface area contributed by atoms with Crippen LogP contribution in [0.2, 0.25) is 0 Å². The molecule has 1 aromatic rings. The van der Waals surface area contributed by atoms with Gasteiger partial charge in [-0.25, -0.2) is 0 Å². The van der Waals surface area contributed by atoms with Crippen LogP contribution < -0.4 is 0 Å². The lowest BCUT2D eigenvalue weighted by Crippen LogP contribution is -2.14. The molecule has 0 fully saturated rings. The normalized spacial score (nSPS) is 7.63. The maximum absolute atomic E-state index is 2.28. The van der Waals surface area contributed by atoms with Crippen LogP contribution in [-0.4, -0.2) is 0 Å². The molecule has 0 heteroatoms. The molecule has 0 aromatic heterocycles. The van der Waals surface area contributed by atoms with E-state index in [-0.39, 0.29) is 14.9 Å². The zero-order chi connectivity index (χ0) is 14.3. The zero-order valence-electron chi connectivity index (χ0n) is 13.6. The van der Waals surface area contributed by atoms with Crippen molar-refractivity contribution in [3.05, 3.63) is 35.9 Å². The van der Waals surface area contributed by atoms with Gasteiger partial charge in [-0.1, -0.05) is 107 Å². The molecular weight excluding hydrogens is 228 g/mol. The van der Waals surface area contributed by atoms with Gasteiger partial charge < -0.3 is 0 Å². The van der Waals surface area contributed by atoms with Crippen LogP contribution in [0.5, 0.6) is 0 Å². The Balaban J connectivity index is -0.0000000724. The molecule has 0 heterocycles. The van der Waals surface area contributed by atoms with Gasteiger partial charge in [0.15, 0.2) is 0 Å². The van der Waals surface area contributed by atoms with Crippen molar-refractivity contribution in [2.45, 2.75) is 89.0 Å². The van der Waals surface area contributed by atoms with Crippen molar-refractivity contribution in [2.75, 3.05) is 0 Å². The maximum Gasteiger partial charge on any atom is -0.0106 e. The van der Waals surface area contributed by atoms with Crippen LogP contribution in [0, 0.1) is 0 Å². The number of hydrogen-bond donors (Lipinski definition) is 0. The second-order valence-corrected chi connectivity index (χ2v) is 3.60. The molecule has 1 rings (SSSR count). The summed E-state index contributed by atoms with van der Waals surface area (Å²) in [5.74, 6) is 0. The molecule has 0 bridgehead atoms. The molecule has 0 spiro atoms. The first-order chi connectivity index (χ1) is 8.17. The van der Waals surface area contributed by atoms with E-state index in [9.17, 15) is 0 Å². The van der Waals surface area contributed by atoms with Gasteiger partial charge in [-0.05, 0) is 17.4 Å². The molecule has 1 aromatic carbocycles. The average molecular weight is 271 g/mol. The predicted octanol–water partition coefficient (Wildman–Crippen LogP) is 7.73. The lowest BCUT2D eigenvalue weighted by atomic mass is 9.82. The van der Waals surface area contributed by atoms with E-state index in [0.29, 0.717) is 5.41 Å². The van der Waals surface area contributed by atoms with Crippen molar-refractivity contribution in [1.29, 1.82) is 0 Å². The molecule has 0 saturated heterocycles. The van der Waals surface area contributed by atoms with Crippen LogP contribution in [0.3, 0.4) is 0 Å². The van der Waals surface area contributed by atoms with Gasteiger partial charge in [0.25, 0.3) is 0 Å². The van der Waals surface area contributed by atoms with Gasteiger partial charge in [-0.2, -0.15) is 0 Å². The Hall–Kier alpha value is -0.780. The highest BCUT2D eigenvalue weighted by atomic mass is 14.2. The van der Waals surface area contributed by atoms with Crippen LogP contribution in [0.1, 0.15) is 89.2 Å². The molecule has 0 atom stereocenters. The van der Waals surface area contributed by atoms with Gasteiger partial charge in [-0.15, -0.1) is 0 Å². The molecule has 0 aliphatic rings. The summed E-state index contributed by atoms with van der Waals surface area (Å²) in [7, 11) is 0. The van der Waals surface area contributed by atoms with Crippen LogP contribution in [0.15, 0.2) is 30.3 Å². The first-order valence-electron chi connectivity index (χ1n) is 7.22. The van der Waals surface area contributed by atoms with Crippen molar-refractivity contribution >= 4 is 0 Å². The fourth-order valence-electron chi connectivity index (χ4n) is 1.09.